The molecule has 0 amide bonds. The molecule has 4 saturated carbocycles. The van der Waals surface area contributed by atoms with Gasteiger partial charge in [0, 0.05) is 6.42 Å². The van der Waals surface area contributed by atoms with Crippen LogP contribution in [0.2, 0.25) is 0 Å². The van der Waals surface area contributed by atoms with Crippen molar-refractivity contribution in [2.24, 2.45) is 23.2 Å². The van der Waals surface area contributed by atoms with Crippen molar-refractivity contribution < 1.29 is 19.4 Å². The minimum absolute atomic E-state index is 0.171. The number of hydrogen-bond donors (Lipinski definition) is 1. The SMILES string of the molecule is COC(=O)COC(C)(O)CC12CC3CC(CC(C3)C1)C2. The highest BCUT2D eigenvalue weighted by Crippen LogP contribution is 2.62. The summed E-state index contributed by atoms with van der Waals surface area (Å²) in [5, 5.41) is 10.5. The molecule has 4 rings (SSSR count). The zero-order valence-electron chi connectivity index (χ0n) is 12.6. The maximum absolute atomic E-state index is 11.2. The van der Waals surface area contributed by atoms with E-state index in [1.165, 1.54) is 45.6 Å². The van der Waals surface area contributed by atoms with Gasteiger partial charge >= 0.3 is 5.97 Å². The van der Waals surface area contributed by atoms with Crippen LogP contribution in [-0.4, -0.2) is 30.6 Å². The lowest BCUT2D eigenvalue weighted by molar-refractivity contribution is -0.229. The van der Waals surface area contributed by atoms with Gasteiger partial charge in [0.15, 0.2) is 5.79 Å². The molecule has 0 heterocycles. The second-order valence-electron chi connectivity index (χ2n) is 7.63. The van der Waals surface area contributed by atoms with E-state index in [4.69, 9.17) is 4.74 Å². The van der Waals surface area contributed by atoms with E-state index in [0.29, 0.717) is 6.42 Å². The van der Waals surface area contributed by atoms with E-state index in [9.17, 15) is 9.90 Å². The molecule has 1 unspecified atom stereocenters. The average molecular weight is 282 g/mol. The van der Waals surface area contributed by atoms with Crippen molar-refractivity contribution in [3.05, 3.63) is 0 Å². The Hall–Kier alpha value is -0.610. The molecule has 0 aromatic heterocycles. The first-order chi connectivity index (χ1) is 9.40. The quantitative estimate of drug-likeness (QED) is 0.622. The van der Waals surface area contributed by atoms with Crippen LogP contribution in [0.15, 0.2) is 0 Å². The predicted molar refractivity (Wildman–Crippen MR) is 73.8 cm³/mol. The summed E-state index contributed by atoms with van der Waals surface area (Å²) in [5.41, 5.74) is 0.244. The van der Waals surface area contributed by atoms with E-state index in [-0.39, 0.29) is 12.0 Å². The van der Waals surface area contributed by atoms with Gasteiger partial charge in [0.1, 0.15) is 6.61 Å². The number of aliphatic hydroxyl groups is 1. The molecular weight excluding hydrogens is 256 g/mol. The van der Waals surface area contributed by atoms with Gasteiger partial charge in [-0.2, -0.15) is 0 Å². The molecule has 0 radical (unpaired) electrons. The first-order valence-electron chi connectivity index (χ1n) is 7.83. The van der Waals surface area contributed by atoms with Crippen LogP contribution in [0, 0.1) is 23.2 Å². The Kier molecular flexibility index (Phi) is 3.57. The summed E-state index contributed by atoms with van der Waals surface area (Å²) < 4.78 is 9.97. The molecule has 4 fully saturated rings. The van der Waals surface area contributed by atoms with E-state index in [2.05, 4.69) is 4.74 Å². The fourth-order valence-electron chi connectivity index (χ4n) is 5.53. The smallest absolute Gasteiger partial charge is 0.331 e. The molecule has 0 aromatic rings. The topological polar surface area (TPSA) is 55.8 Å². The minimum Gasteiger partial charge on any atom is -0.467 e. The van der Waals surface area contributed by atoms with Crippen molar-refractivity contribution in [3.8, 4) is 0 Å². The molecule has 0 spiro atoms. The minimum atomic E-state index is -1.22. The second-order valence-corrected chi connectivity index (χ2v) is 7.63. The normalized spacial score (nSPS) is 41.5. The van der Waals surface area contributed by atoms with E-state index in [1.54, 1.807) is 6.92 Å². The number of rotatable bonds is 5. The predicted octanol–water partition coefficient (Wildman–Crippen LogP) is 2.49. The van der Waals surface area contributed by atoms with E-state index in [1.807, 2.05) is 0 Å². The lowest BCUT2D eigenvalue weighted by Gasteiger charge is -2.58. The van der Waals surface area contributed by atoms with Crippen molar-refractivity contribution in [1.82, 2.24) is 0 Å². The Bertz CT molecular complexity index is 353. The molecule has 114 valence electrons. The van der Waals surface area contributed by atoms with Crippen LogP contribution in [0.1, 0.15) is 51.9 Å². The lowest BCUT2D eigenvalue weighted by atomic mass is 9.48. The van der Waals surface area contributed by atoms with Crippen LogP contribution in [-0.2, 0) is 14.3 Å². The van der Waals surface area contributed by atoms with Gasteiger partial charge in [0.05, 0.1) is 7.11 Å². The molecule has 4 aliphatic rings. The van der Waals surface area contributed by atoms with Gasteiger partial charge in [0.25, 0.3) is 0 Å². The third kappa shape index (κ3) is 2.86. The third-order valence-corrected chi connectivity index (χ3v) is 5.60. The van der Waals surface area contributed by atoms with Gasteiger partial charge in [-0.25, -0.2) is 4.79 Å². The van der Waals surface area contributed by atoms with Crippen molar-refractivity contribution in [2.75, 3.05) is 13.7 Å². The monoisotopic (exact) mass is 282 g/mol. The number of hydrogen-bond acceptors (Lipinski definition) is 4. The molecule has 0 aromatic carbocycles. The largest absolute Gasteiger partial charge is 0.467 e. The van der Waals surface area contributed by atoms with Crippen LogP contribution >= 0.6 is 0 Å². The average Bonchev–Trinajstić information content (AvgIpc) is 2.33. The van der Waals surface area contributed by atoms with Gasteiger partial charge < -0.3 is 14.6 Å². The highest BCUT2D eigenvalue weighted by molar-refractivity contribution is 5.70. The molecule has 4 bridgehead atoms. The van der Waals surface area contributed by atoms with E-state index >= 15 is 0 Å². The fraction of sp³-hybridized carbons (Fsp3) is 0.938. The molecule has 20 heavy (non-hydrogen) atoms. The molecule has 1 N–H and O–H groups in total. The van der Waals surface area contributed by atoms with Gasteiger partial charge in [0.2, 0.25) is 0 Å². The lowest BCUT2D eigenvalue weighted by Crippen LogP contribution is -2.50. The van der Waals surface area contributed by atoms with Crippen LogP contribution in [0.4, 0.5) is 0 Å². The first kappa shape index (κ1) is 14.3. The van der Waals surface area contributed by atoms with Crippen molar-refractivity contribution in [3.63, 3.8) is 0 Å². The second kappa shape index (κ2) is 4.99. The first-order valence-corrected chi connectivity index (χ1v) is 7.83. The Morgan fingerprint density at radius 2 is 1.70 bits per heavy atom. The summed E-state index contributed by atoms with van der Waals surface area (Å²) in [6.07, 6.45) is 8.53. The van der Waals surface area contributed by atoms with Crippen molar-refractivity contribution in [2.45, 2.75) is 57.7 Å². The van der Waals surface area contributed by atoms with Gasteiger partial charge in [-0.3, -0.25) is 0 Å². The van der Waals surface area contributed by atoms with Gasteiger partial charge in [-0.05, 0) is 68.6 Å². The number of carbonyl (C=O) groups is 1. The summed E-state index contributed by atoms with van der Waals surface area (Å²) in [4.78, 5) is 11.2. The third-order valence-electron chi connectivity index (χ3n) is 5.60. The molecule has 4 heteroatoms. The van der Waals surface area contributed by atoms with Gasteiger partial charge in [-0.1, -0.05) is 0 Å². The number of methoxy groups -OCH3 is 1. The summed E-state index contributed by atoms with van der Waals surface area (Å²) >= 11 is 0. The number of esters is 1. The van der Waals surface area contributed by atoms with Crippen LogP contribution < -0.4 is 0 Å². The fourth-order valence-corrected chi connectivity index (χ4v) is 5.53. The maximum atomic E-state index is 11.2. The zero-order valence-corrected chi connectivity index (χ0v) is 12.6. The van der Waals surface area contributed by atoms with Gasteiger partial charge in [-0.15, -0.1) is 0 Å². The molecule has 0 aliphatic heterocycles. The Balaban J connectivity index is 1.63. The van der Waals surface area contributed by atoms with E-state index in [0.717, 1.165) is 17.8 Å². The Morgan fingerprint density at radius 3 is 2.15 bits per heavy atom. The molecule has 0 saturated heterocycles. The Labute approximate surface area is 120 Å². The van der Waals surface area contributed by atoms with Crippen LogP contribution in [0.25, 0.3) is 0 Å². The van der Waals surface area contributed by atoms with Crippen molar-refractivity contribution >= 4 is 5.97 Å². The van der Waals surface area contributed by atoms with Crippen LogP contribution in [0.3, 0.4) is 0 Å². The molecule has 1 atom stereocenters. The summed E-state index contributed by atoms with van der Waals surface area (Å²) in [5.74, 6) is 0.920. The van der Waals surface area contributed by atoms with Crippen LogP contribution in [0.5, 0.6) is 0 Å². The zero-order chi connectivity index (χ0) is 14.4. The van der Waals surface area contributed by atoms with Crippen molar-refractivity contribution in [1.29, 1.82) is 0 Å². The maximum Gasteiger partial charge on any atom is 0.331 e. The highest BCUT2D eigenvalue weighted by Gasteiger charge is 2.52. The standard InChI is InChI=1S/C16H26O4/c1-15(18,20-9-14(17)19-2)10-16-6-11-3-12(7-16)5-13(4-11)8-16/h11-13,18H,3-10H2,1-2H3. The molecular formula is C16H26O4. The summed E-state index contributed by atoms with van der Waals surface area (Å²) in [7, 11) is 1.33. The molecule has 4 nitrogen and oxygen atoms in total. The Morgan fingerprint density at radius 1 is 1.20 bits per heavy atom. The highest BCUT2D eigenvalue weighted by atomic mass is 16.6. The number of carbonyl (C=O) groups excluding carboxylic acids is 1. The molecule has 4 aliphatic carbocycles. The summed E-state index contributed by atoms with van der Waals surface area (Å²) in [6, 6.07) is 0. The summed E-state index contributed by atoms with van der Waals surface area (Å²) in [6.45, 7) is 1.52. The number of ether oxygens (including phenoxy) is 2. The van der Waals surface area contributed by atoms with E-state index < -0.39 is 11.8 Å².